The number of hydrogen-bond acceptors (Lipinski definition) is 16. The van der Waals surface area contributed by atoms with E-state index < -0.39 is 112 Å². The van der Waals surface area contributed by atoms with Crippen molar-refractivity contribution in [2.75, 3.05) is 26.4 Å². The van der Waals surface area contributed by atoms with Gasteiger partial charge in [-0.15, -0.1) is 0 Å². The molecule has 2 rings (SSSR count). The normalized spacial score (nSPS) is 42.7. The van der Waals surface area contributed by atoms with Crippen LogP contribution in [0.1, 0.15) is 0 Å². The summed E-state index contributed by atoms with van der Waals surface area (Å²) in [5.74, 6) is 0. The fourth-order valence-electron chi connectivity index (χ4n) is 3.62. The van der Waals surface area contributed by atoms with Crippen molar-refractivity contribution in [3.63, 3.8) is 0 Å². The van der Waals surface area contributed by atoms with Crippen molar-refractivity contribution < 1.29 is 70.0 Å². The van der Waals surface area contributed by atoms with Gasteiger partial charge in [0.25, 0.3) is 0 Å². The Bertz CT molecular complexity index is 603. The lowest BCUT2D eigenvalue weighted by Crippen LogP contribution is -2.66. The number of aliphatic hydroxyl groups excluding tert-OH is 10. The first-order chi connectivity index (χ1) is 16.0. The number of nitrogens with two attached hydrogens (primary N) is 2. The molecule has 0 saturated carbocycles. The Morgan fingerprint density at radius 1 is 0.765 bits per heavy atom. The van der Waals surface area contributed by atoms with Gasteiger partial charge >= 0.3 is 0 Å². The molecule has 0 aromatic heterocycles. The van der Waals surface area contributed by atoms with Gasteiger partial charge in [0.05, 0.1) is 44.6 Å². The third kappa shape index (κ3) is 6.56. The fourth-order valence-corrected chi connectivity index (χ4v) is 3.62. The van der Waals surface area contributed by atoms with Crippen LogP contribution >= 0.6 is 0 Å². The summed E-state index contributed by atoms with van der Waals surface area (Å²) in [6.45, 7) is -2.74. The van der Waals surface area contributed by atoms with Gasteiger partial charge in [-0.2, -0.15) is 0 Å². The summed E-state index contributed by atoms with van der Waals surface area (Å²) in [6.07, 6.45) is -18.9. The second-order valence-corrected chi connectivity index (χ2v) is 8.32. The molecule has 2 saturated heterocycles. The van der Waals surface area contributed by atoms with Crippen LogP contribution in [0.15, 0.2) is 0 Å². The molecule has 2 aliphatic heterocycles. The second-order valence-electron chi connectivity index (χ2n) is 8.32. The second kappa shape index (κ2) is 13.1. The van der Waals surface area contributed by atoms with E-state index in [1.54, 1.807) is 0 Å². The maximum absolute atomic E-state index is 10.6. The van der Waals surface area contributed by atoms with E-state index in [0.29, 0.717) is 0 Å². The quantitative estimate of drug-likeness (QED) is 0.124. The first kappa shape index (κ1) is 29.6. The molecule has 0 aliphatic carbocycles. The van der Waals surface area contributed by atoms with E-state index in [2.05, 4.69) is 0 Å². The highest BCUT2D eigenvalue weighted by molar-refractivity contribution is 4.95. The van der Waals surface area contributed by atoms with Gasteiger partial charge in [-0.3, -0.25) is 0 Å². The van der Waals surface area contributed by atoms with E-state index >= 15 is 0 Å². The van der Waals surface area contributed by atoms with Crippen molar-refractivity contribution in [2.45, 2.75) is 85.7 Å². The number of hydrogen-bond donors (Lipinski definition) is 12. The van der Waals surface area contributed by atoms with Crippen molar-refractivity contribution in [3.05, 3.63) is 0 Å². The van der Waals surface area contributed by atoms with Gasteiger partial charge in [0.1, 0.15) is 54.9 Å². The molecule has 0 radical (unpaired) electrons. The number of ether oxygens (including phenoxy) is 4. The van der Waals surface area contributed by atoms with Gasteiger partial charge in [0.2, 0.25) is 0 Å². The summed E-state index contributed by atoms with van der Waals surface area (Å²) in [7, 11) is 0. The Hall–Kier alpha value is -0.640. The van der Waals surface area contributed by atoms with Crippen LogP contribution < -0.4 is 11.5 Å². The van der Waals surface area contributed by atoms with Gasteiger partial charge < -0.3 is 81.5 Å². The average molecular weight is 504 g/mol. The third-order valence-electron chi connectivity index (χ3n) is 5.87. The molecule has 0 aromatic carbocycles. The Kier molecular flexibility index (Phi) is 11.4. The number of rotatable bonds is 11. The lowest BCUT2D eigenvalue weighted by Gasteiger charge is -2.46. The molecule has 34 heavy (non-hydrogen) atoms. The third-order valence-corrected chi connectivity index (χ3v) is 5.87. The molecule has 16 heteroatoms. The Morgan fingerprint density at radius 2 is 1.35 bits per heavy atom. The summed E-state index contributed by atoms with van der Waals surface area (Å²) >= 11 is 0. The lowest BCUT2D eigenvalue weighted by atomic mass is 9.96. The molecule has 0 aromatic rings. The first-order valence-corrected chi connectivity index (χ1v) is 10.7. The summed E-state index contributed by atoms with van der Waals surface area (Å²) in [5.41, 5.74) is 11.3. The largest absolute Gasteiger partial charge is 0.395 e. The molecule has 0 spiro atoms. The topological polar surface area (TPSA) is 291 Å². The summed E-state index contributed by atoms with van der Waals surface area (Å²) in [4.78, 5) is 0. The predicted octanol–water partition coefficient (Wildman–Crippen LogP) is -8.00. The van der Waals surface area contributed by atoms with E-state index in [9.17, 15) is 46.0 Å². The van der Waals surface area contributed by atoms with E-state index in [1.807, 2.05) is 0 Å². The van der Waals surface area contributed by atoms with Gasteiger partial charge in [0.15, 0.2) is 12.6 Å². The van der Waals surface area contributed by atoms with Gasteiger partial charge in [-0.25, -0.2) is 0 Å². The van der Waals surface area contributed by atoms with Crippen LogP contribution in [0.4, 0.5) is 0 Å². The smallest absolute Gasteiger partial charge is 0.187 e. The Balaban J connectivity index is 2.01. The lowest BCUT2D eigenvalue weighted by molar-refractivity contribution is -0.348. The molecular formula is C18H36N2O14. The van der Waals surface area contributed by atoms with Crippen molar-refractivity contribution >= 4 is 0 Å². The molecule has 0 unspecified atom stereocenters. The monoisotopic (exact) mass is 504 g/mol. The minimum atomic E-state index is -1.79. The van der Waals surface area contributed by atoms with Crippen LogP contribution in [0.25, 0.3) is 0 Å². The van der Waals surface area contributed by atoms with E-state index in [1.165, 1.54) is 0 Å². The molecule has 202 valence electrons. The summed E-state index contributed by atoms with van der Waals surface area (Å²) in [5, 5.41) is 98.1. The molecule has 0 amide bonds. The molecule has 14 N–H and O–H groups in total. The maximum Gasteiger partial charge on any atom is 0.187 e. The highest BCUT2D eigenvalue weighted by Gasteiger charge is 2.50. The van der Waals surface area contributed by atoms with Crippen molar-refractivity contribution in [1.82, 2.24) is 0 Å². The van der Waals surface area contributed by atoms with Crippen LogP contribution in [-0.2, 0) is 18.9 Å². The molecule has 14 atom stereocenters. The zero-order chi connectivity index (χ0) is 25.7. The van der Waals surface area contributed by atoms with Crippen LogP contribution in [0.3, 0.4) is 0 Å². The van der Waals surface area contributed by atoms with Crippen LogP contribution in [0.5, 0.6) is 0 Å². The maximum atomic E-state index is 10.6. The summed E-state index contributed by atoms with van der Waals surface area (Å²) < 4.78 is 21.5. The van der Waals surface area contributed by atoms with E-state index in [4.69, 9.17) is 35.5 Å². The molecule has 16 nitrogen and oxygen atoms in total. The molecule has 2 aliphatic rings. The van der Waals surface area contributed by atoms with Gasteiger partial charge in [-0.1, -0.05) is 0 Å². The van der Waals surface area contributed by atoms with Crippen LogP contribution in [0, 0.1) is 0 Å². The van der Waals surface area contributed by atoms with E-state index in [-0.39, 0.29) is 0 Å². The first-order valence-electron chi connectivity index (χ1n) is 10.7. The molecule has 2 fully saturated rings. The van der Waals surface area contributed by atoms with Crippen LogP contribution in [-0.4, -0.2) is 163 Å². The standard InChI is InChI=1S/C18H36N2O14/c19-5(1-21)10(25)11(26)6(24)4-31-17-9(20)13(28)16(8(3-23)33-17)34-18-15(30)14(29)12(27)7(2-22)32-18/h5-18,21-30H,1-4,19-20H2/t5-,6+,7+,8+,9+,10+,11-,12-,13+,14-,15+,16+,17+,18-/m0/s1. The van der Waals surface area contributed by atoms with Gasteiger partial charge in [0, 0.05) is 0 Å². The minimum absolute atomic E-state index is 0.641. The highest BCUT2D eigenvalue weighted by Crippen LogP contribution is 2.29. The molecule has 2 heterocycles. The van der Waals surface area contributed by atoms with Crippen molar-refractivity contribution in [1.29, 1.82) is 0 Å². The van der Waals surface area contributed by atoms with Crippen LogP contribution in [0.2, 0.25) is 0 Å². The van der Waals surface area contributed by atoms with Crippen molar-refractivity contribution in [3.8, 4) is 0 Å². The fraction of sp³-hybridized carbons (Fsp3) is 1.00. The van der Waals surface area contributed by atoms with E-state index in [0.717, 1.165) is 0 Å². The Labute approximate surface area is 194 Å². The highest BCUT2D eigenvalue weighted by atomic mass is 16.7. The SMILES string of the molecule is N[C@H]1[C@H](OC[C@@H](O)[C@H](O)[C@H](O)[C@@H](N)CO)O[C@H](CO)[C@@H](O[C@@H]2O[C@H](CO)[C@H](O)[C@H](O)[C@H]2O)[C@@H]1O. The molecular weight excluding hydrogens is 468 g/mol. The predicted molar refractivity (Wildman–Crippen MR) is 107 cm³/mol. The minimum Gasteiger partial charge on any atom is -0.395 e. The van der Waals surface area contributed by atoms with Gasteiger partial charge in [-0.05, 0) is 0 Å². The van der Waals surface area contributed by atoms with Crippen molar-refractivity contribution in [2.24, 2.45) is 11.5 Å². The Morgan fingerprint density at radius 3 is 1.91 bits per heavy atom. The number of aliphatic hydroxyl groups is 10. The summed E-state index contributed by atoms with van der Waals surface area (Å²) in [6, 6.07) is -2.56. The zero-order valence-electron chi connectivity index (χ0n) is 18.2. The molecule has 0 bridgehead atoms. The average Bonchev–Trinajstić information content (AvgIpc) is 2.84. The zero-order valence-corrected chi connectivity index (χ0v) is 18.2.